The smallest absolute Gasteiger partial charge is 0.151 e. The van der Waals surface area contributed by atoms with Gasteiger partial charge in [0.25, 0.3) is 0 Å². The highest BCUT2D eigenvalue weighted by molar-refractivity contribution is 5.99. The number of aromatic nitrogens is 2. The molecular formula is C16H13N3O. The Bertz CT molecular complexity index is 819. The summed E-state index contributed by atoms with van der Waals surface area (Å²) in [5.41, 5.74) is 4.95. The number of nitrogens with zero attached hydrogens (tertiary/aromatic N) is 1. The molecule has 1 aliphatic heterocycles. The van der Waals surface area contributed by atoms with Crippen LogP contribution in [0, 0.1) is 0 Å². The number of anilines is 1. The van der Waals surface area contributed by atoms with Gasteiger partial charge in [0.15, 0.2) is 6.23 Å². The molecule has 0 radical (unpaired) electrons. The van der Waals surface area contributed by atoms with Crippen molar-refractivity contribution in [2.45, 2.75) is 6.23 Å². The average Bonchev–Trinajstić information content (AvgIpc) is 3.02. The first-order valence-electron chi connectivity index (χ1n) is 6.49. The van der Waals surface area contributed by atoms with Gasteiger partial charge in [0.1, 0.15) is 0 Å². The largest absolute Gasteiger partial charge is 0.369 e. The first-order chi connectivity index (χ1) is 9.83. The zero-order valence-electron chi connectivity index (χ0n) is 10.7. The van der Waals surface area contributed by atoms with Crippen LogP contribution in [0.3, 0.4) is 0 Å². The van der Waals surface area contributed by atoms with Crippen molar-refractivity contribution in [3.63, 3.8) is 0 Å². The number of pyridine rings is 1. The van der Waals surface area contributed by atoms with Gasteiger partial charge in [0.2, 0.25) is 0 Å². The normalized spacial score (nSPS) is 19.2. The number of para-hydroxylation sites is 1. The quantitative estimate of drug-likeness (QED) is 0.632. The molecule has 2 aromatic heterocycles. The molecule has 3 heterocycles. The summed E-state index contributed by atoms with van der Waals surface area (Å²) < 4.78 is 0. The molecule has 4 nitrogen and oxygen atoms in total. The van der Waals surface area contributed by atoms with Gasteiger partial charge in [-0.3, -0.25) is 4.98 Å². The standard InChI is InChI=1S/C16H13N3O/c20-16-12(11-3-1-2-4-15(11)19-16)7-10-8-18-14-5-6-17-9-13(10)14/h1-9,16,18-20H. The van der Waals surface area contributed by atoms with Crippen molar-refractivity contribution in [2.24, 2.45) is 0 Å². The summed E-state index contributed by atoms with van der Waals surface area (Å²) in [6, 6.07) is 9.85. The molecule has 1 aliphatic rings. The van der Waals surface area contributed by atoms with Crippen molar-refractivity contribution in [3.05, 3.63) is 60.0 Å². The van der Waals surface area contributed by atoms with Gasteiger partial charge >= 0.3 is 0 Å². The Labute approximate surface area is 115 Å². The Balaban J connectivity index is 1.88. The first-order valence-corrected chi connectivity index (χ1v) is 6.49. The van der Waals surface area contributed by atoms with Gasteiger partial charge in [-0.2, -0.15) is 0 Å². The highest BCUT2D eigenvalue weighted by Gasteiger charge is 2.23. The third kappa shape index (κ3) is 1.62. The maximum absolute atomic E-state index is 10.2. The molecule has 0 amide bonds. The van der Waals surface area contributed by atoms with E-state index in [1.54, 1.807) is 6.20 Å². The van der Waals surface area contributed by atoms with Crippen LogP contribution in [0.25, 0.3) is 22.6 Å². The lowest BCUT2D eigenvalue weighted by Crippen LogP contribution is -2.12. The average molecular weight is 263 g/mol. The van der Waals surface area contributed by atoms with Crippen molar-refractivity contribution in [1.82, 2.24) is 9.97 Å². The van der Waals surface area contributed by atoms with Crippen LogP contribution in [0.15, 0.2) is 48.9 Å². The highest BCUT2D eigenvalue weighted by Crippen LogP contribution is 2.35. The van der Waals surface area contributed by atoms with E-state index < -0.39 is 6.23 Å². The summed E-state index contributed by atoms with van der Waals surface area (Å²) in [6.07, 6.45) is 6.86. The van der Waals surface area contributed by atoms with Gasteiger partial charge < -0.3 is 15.4 Å². The predicted octanol–water partition coefficient (Wildman–Crippen LogP) is 2.85. The zero-order chi connectivity index (χ0) is 13.5. The van der Waals surface area contributed by atoms with E-state index in [2.05, 4.69) is 15.3 Å². The minimum absolute atomic E-state index is 0.672. The number of rotatable bonds is 1. The maximum atomic E-state index is 10.2. The van der Waals surface area contributed by atoms with Crippen LogP contribution < -0.4 is 5.32 Å². The Morgan fingerprint density at radius 1 is 1.20 bits per heavy atom. The van der Waals surface area contributed by atoms with E-state index in [4.69, 9.17) is 0 Å². The van der Waals surface area contributed by atoms with E-state index in [1.807, 2.05) is 48.8 Å². The lowest BCUT2D eigenvalue weighted by molar-refractivity contribution is 0.266. The molecule has 0 saturated carbocycles. The molecule has 1 aromatic carbocycles. The summed E-state index contributed by atoms with van der Waals surface area (Å²) in [5, 5.41) is 14.3. The molecule has 1 atom stereocenters. The van der Waals surface area contributed by atoms with E-state index in [1.165, 1.54) is 0 Å². The third-order valence-electron chi connectivity index (χ3n) is 3.65. The van der Waals surface area contributed by atoms with E-state index >= 15 is 0 Å². The van der Waals surface area contributed by atoms with Gasteiger partial charge in [0.05, 0.1) is 0 Å². The van der Waals surface area contributed by atoms with Crippen molar-refractivity contribution in [3.8, 4) is 0 Å². The van der Waals surface area contributed by atoms with Crippen molar-refractivity contribution >= 4 is 28.2 Å². The minimum atomic E-state index is -0.672. The number of nitrogens with one attached hydrogen (secondary N) is 2. The fourth-order valence-corrected chi connectivity index (χ4v) is 2.66. The number of hydrogen-bond acceptors (Lipinski definition) is 3. The predicted molar refractivity (Wildman–Crippen MR) is 80.0 cm³/mol. The second-order valence-electron chi connectivity index (χ2n) is 4.86. The first kappa shape index (κ1) is 11.3. The van der Waals surface area contributed by atoms with E-state index in [0.717, 1.165) is 33.3 Å². The number of hydrogen-bond donors (Lipinski definition) is 3. The second kappa shape index (κ2) is 4.21. The Hall–Kier alpha value is -2.59. The van der Waals surface area contributed by atoms with Gasteiger partial charge in [-0.1, -0.05) is 18.2 Å². The summed E-state index contributed by atoms with van der Waals surface area (Å²) in [5.74, 6) is 0. The minimum Gasteiger partial charge on any atom is -0.369 e. The van der Waals surface area contributed by atoms with Gasteiger partial charge in [-0.25, -0.2) is 0 Å². The monoisotopic (exact) mass is 263 g/mol. The summed E-state index contributed by atoms with van der Waals surface area (Å²) in [6.45, 7) is 0. The molecule has 0 fully saturated rings. The SMILES string of the molecule is OC1Nc2ccccc2C1=Cc1c[nH]c2ccncc12. The Morgan fingerprint density at radius 2 is 2.10 bits per heavy atom. The molecule has 20 heavy (non-hydrogen) atoms. The zero-order valence-corrected chi connectivity index (χ0v) is 10.7. The number of H-pyrrole nitrogens is 1. The van der Waals surface area contributed by atoms with Crippen LogP contribution in [0.5, 0.6) is 0 Å². The molecule has 4 rings (SSSR count). The molecule has 3 N–H and O–H groups in total. The second-order valence-corrected chi connectivity index (χ2v) is 4.86. The maximum Gasteiger partial charge on any atom is 0.151 e. The van der Waals surface area contributed by atoms with Gasteiger partial charge in [-0.05, 0) is 18.2 Å². The molecule has 1 unspecified atom stereocenters. The molecule has 0 bridgehead atoms. The molecule has 0 saturated heterocycles. The molecule has 0 aliphatic carbocycles. The summed E-state index contributed by atoms with van der Waals surface area (Å²) in [4.78, 5) is 7.37. The van der Waals surface area contributed by atoms with Crippen molar-refractivity contribution in [1.29, 1.82) is 0 Å². The fraction of sp³-hybridized carbons (Fsp3) is 0.0625. The lowest BCUT2D eigenvalue weighted by Gasteiger charge is -2.04. The highest BCUT2D eigenvalue weighted by atomic mass is 16.3. The van der Waals surface area contributed by atoms with E-state index in [9.17, 15) is 5.11 Å². The van der Waals surface area contributed by atoms with Crippen LogP contribution in [0.4, 0.5) is 5.69 Å². The third-order valence-corrected chi connectivity index (χ3v) is 3.65. The van der Waals surface area contributed by atoms with E-state index in [0.29, 0.717) is 0 Å². The van der Waals surface area contributed by atoms with Crippen molar-refractivity contribution < 1.29 is 5.11 Å². The number of fused-ring (bicyclic) bond motifs is 2. The van der Waals surface area contributed by atoms with Crippen LogP contribution in [-0.4, -0.2) is 21.3 Å². The van der Waals surface area contributed by atoms with E-state index in [-0.39, 0.29) is 0 Å². The van der Waals surface area contributed by atoms with Crippen molar-refractivity contribution in [2.75, 3.05) is 5.32 Å². The lowest BCUT2D eigenvalue weighted by atomic mass is 10.0. The Kier molecular flexibility index (Phi) is 2.37. The number of aliphatic hydroxyl groups excluding tert-OH is 1. The molecular weight excluding hydrogens is 250 g/mol. The number of benzene rings is 1. The van der Waals surface area contributed by atoms with Gasteiger partial charge in [-0.15, -0.1) is 0 Å². The van der Waals surface area contributed by atoms with Crippen LogP contribution in [-0.2, 0) is 0 Å². The summed E-state index contributed by atoms with van der Waals surface area (Å²) >= 11 is 0. The molecule has 0 spiro atoms. The molecule has 98 valence electrons. The fourth-order valence-electron chi connectivity index (χ4n) is 2.66. The van der Waals surface area contributed by atoms with Gasteiger partial charge in [0, 0.05) is 51.9 Å². The topological polar surface area (TPSA) is 60.9 Å². The summed E-state index contributed by atoms with van der Waals surface area (Å²) in [7, 11) is 0. The molecule has 3 aromatic rings. The van der Waals surface area contributed by atoms with Crippen LogP contribution >= 0.6 is 0 Å². The molecule has 4 heteroatoms. The Morgan fingerprint density at radius 3 is 3.05 bits per heavy atom. The van der Waals surface area contributed by atoms with Crippen LogP contribution in [0.2, 0.25) is 0 Å². The number of aliphatic hydroxyl groups is 1. The number of aromatic amines is 1. The van der Waals surface area contributed by atoms with Crippen LogP contribution in [0.1, 0.15) is 11.1 Å².